The van der Waals surface area contributed by atoms with Crippen LogP contribution in [0, 0.1) is 6.92 Å². The molecule has 1 aromatic rings. The minimum Gasteiger partial charge on any atom is -0.338 e. The van der Waals surface area contributed by atoms with E-state index < -0.39 is 0 Å². The minimum absolute atomic E-state index is 0.181. The Labute approximate surface area is 122 Å². The summed E-state index contributed by atoms with van der Waals surface area (Å²) in [5.74, 6) is 0.181. The first-order valence-electron chi connectivity index (χ1n) is 6.62. The molecule has 0 spiro atoms. The van der Waals surface area contributed by atoms with Crippen LogP contribution in [0.1, 0.15) is 53.8 Å². The second kappa shape index (κ2) is 6.20. The van der Waals surface area contributed by atoms with Crippen molar-refractivity contribution in [2.24, 2.45) is 0 Å². The van der Waals surface area contributed by atoms with Crippen LogP contribution in [-0.2, 0) is 0 Å². The number of rotatable bonds is 2. The number of thiophene rings is 1. The first-order chi connectivity index (χ1) is 8.59. The molecule has 0 N–H and O–H groups in total. The average molecular weight is 330 g/mol. The first-order valence-corrected chi connectivity index (χ1v) is 8.23. The molecule has 18 heavy (non-hydrogen) atoms. The highest BCUT2D eigenvalue weighted by molar-refractivity contribution is 9.11. The summed E-state index contributed by atoms with van der Waals surface area (Å²) >= 11 is 5.04. The molecular formula is C14H20BrNOS. The number of aryl methyl sites for hydroxylation is 1. The van der Waals surface area contributed by atoms with Gasteiger partial charge in [0.15, 0.2) is 0 Å². The number of hydrogen-bond acceptors (Lipinski definition) is 2. The van der Waals surface area contributed by atoms with Crippen molar-refractivity contribution in [2.45, 2.75) is 51.5 Å². The Morgan fingerprint density at radius 3 is 2.44 bits per heavy atom. The highest BCUT2D eigenvalue weighted by Crippen LogP contribution is 2.29. The minimum atomic E-state index is 0.181. The van der Waals surface area contributed by atoms with Gasteiger partial charge in [0.1, 0.15) is 0 Å². The number of carbonyl (C=O) groups excluding carboxylic acids is 1. The molecule has 1 heterocycles. The zero-order valence-corrected chi connectivity index (χ0v) is 13.4. The Morgan fingerprint density at radius 2 is 1.94 bits per heavy atom. The van der Waals surface area contributed by atoms with E-state index in [2.05, 4.69) is 15.9 Å². The van der Waals surface area contributed by atoms with Gasteiger partial charge < -0.3 is 4.90 Å². The van der Waals surface area contributed by atoms with Crippen LogP contribution in [0.25, 0.3) is 0 Å². The molecule has 4 heteroatoms. The molecule has 0 unspecified atom stereocenters. The second-order valence-corrected chi connectivity index (χ2v) is 7.50. The van der Waals surface area contributed by atoms with E-state index in [9.17, 15) is 4.79 Å². The van der Waals surface area contributed by atoms with E-state index in [1.165, 1.54) is 25.7 Å². The molecule has 1 amide bonds. The van der Waals surface area contributed by atoms with Gasteiger partial charge in [-0.25, -0.2) is 0 Å². The van der Waals surface area contributed by atoms with Gasteiger partial charge in [-0.05, 0) is 47.3 Å². The van der Waals surface area contributed by atoms with Gasteiger partial charge in [0.25, 0.3) is 5.91 Å². The van der Waals surface area contributed by atoms with E-state index in [0.717, 1.165) is 27.1 Å². The van der Waals surface area contributed by atoms with Crippen molar-refractivity contribution in [1.29, 1.82) is 0 Å². The molecule has 2 rings (SSSR count). The molecule has 0 saturated heterocycles. The largest absolute Gasteiger partial charge is 0.338 e. The van der Waals surface area contributed by atoms with Crippen LogP contribution < -0.4 is 0 Å². The van der Waals surface area contributed by atoms with Gasteiger partial charge in [0.2, 0.25) is 0 Å². The molecule has 0 aromatic carbocycles. The second-order valence-electron chi connectivity index (χ2n) is 5.13. The van der Waals surface area contributed by atoms with Crippen LogP contribution in [0.4, 0.5) is 0 Å². The van der Waals surface area contributed by atoms with Crippen molar-refractivity contribution in [3.05, 3.63) is 20.3 Å². The quantitative estimate of drug-likeness (QED) is 0.725. The fraction of sp³-hybridized carbons (Fsp3) is 0.643. The molecule has 1 saturated carbocycles. The van der Waals surface area contributed by atoms with Crippen molar-refractivity contribution in [1.82, 2.24) is 4.90 Å². The maximum atomic E-state index is 12.4. The maximum absolute atomic E-state index is 12.4. The van der Waals surface area contributed by atoms with Crippen LogP contribution in [0.15, 0.2) is 9.85 Å². The third kappa shape index (κ3) is 3.15. The Kier molecular flexibility index (Phi) is 4.84. The van der Waals surface area contributed by atoms with E-state index in [1.807, 2.05) is 24.9 Å². The highest BCUT2D eigenvalue weighted by Gasteiger charge is 2.23. The Balaban J connectivity index is 2.07. The van der Waals surface area contributed by atoms with Crippen molar-refractivity contribution in [3.63, 3.8) is 0 Å². The van der Waals surface area contributed by atoms with E-state index >= 15 is 0 Å². The fourth-order valence-corrected chi connectivity index (χ4v) is 4.07. The summed E-state index contributed by atoms with van der Waals surface area (Å²) in [6.07, 6.45) is 7.48. The van der Waals surface area contributed by atoms with Crippen molar-refractivity contribution in [2.75, 3.05) is 7.05 Å². The van der Waals surface area contributed by atoms with E-state index in [4.69, 9.17) is 0 Å². The van der Waals surface area contributed by atoms with Gasteiger partial charge in [-0.1, -0.05) is 25.7 Å². The molecule has 1 aliphatic rings. The van der Waals surface area contributed by atoms with Gasteiger partial charge >= 0.3 is 0 Å². The highest BCUT2D eigenvalue weighted by atomic mass is 79.9. The van der Waals surface area contributed by atoms with Crippen molar-refractivity contribution >= 4 is 33.2 Å². The predicted octanol–water partition coefficient (Wildman–Crippen LogP) is 4.61. The van der Waals surface area contributed by atoms with Gasteiger partial charge in [-0.15, -0.1) is 11.3 Å². The lowest BCUT2D eigenvalue weighted by molar-refractivity contribution is 0.0722. The molecule has 0 radical (unpaired) electrons. The third-order valence-electron chi connectivity index (χ3n) is 3.76. The van der Waals surface area contributed by atoms with Crippen LogP contribution >= 0.6 is 27.3 Å². The average Bonchev–Trinajstić information content (AvgIpc) is 2.61. The van der Waals surface area contributed by atoms with Crippen LogP contribution in [0.3, 0.4) is 0 Å². The summed E-state index contributed by atoms with van der Waals surface area (Å²) in [4.78, 5) is 15.3. The summed E-state index contributed by atoms with van der Waals surface area (Å²) in [6.45, 7) is 2.03. The van der Waals surface area contributed by atoms with E-state index in [1.54, 1.807) is 11.3 Å². The smallest absolute Gasteiger partial charge is 0.263 e. The number of hydrogen-bond donors (Lipinski definition) is 0. The van der Waals surface area contributed by atoms with Gasteiger partial charge in [0, 0.05) is 13.1 Å². The predicted molar refractivity (Wildman–Crippen MR) is 80.3 cm³/mol. The molecule has 100 valence electrons. The SMILES string of the molecule is Cc1cc(C(=O)N(C)C2CCCCCC2)sc1Br. The number of carbonyl (C=O) groups is 1. The van der Waals surface area contributed by atoms with Crippen molar-refractivity contribution in [3.8, 4) is 0 Å². The van der Waals surface area contributed by atoms with Crippen LogP contribution in [-0.4, -0.2) is 23.9 Å². The fourth-order valence-electron chi connectivity index (χ4n) is 2.55. The monoisotopic (exact) mass is 329 g/mol. The summed E-state index contributed by atoms with van der Waals surface area (Å²) < 4.78 is 1.07. The summed E-state index contributed by atoms with van der Waals surface area (Å²) in [5, 5.41) is 0. The lowest BCUT2D eigenvalue weighted by Gasteiger charge is -2.26. The first kappa shape index (κ1) is 14.1. The number of halogens is 1. The molecular weight excluding hydrogens is 310 g/mol. The summed E-state index contributed by atoms with van der Waals surface area (Å²) in [7, 11) is 1.96. The molecule has 0 atom stereocenters. The molecule has 1 fully saturated rings. The topological polar surface area (TPSA) is 20.3 Å². The zero-order chi connectivity index (χ0) is 13.1. The van der Waals surface area contributed by atoms with Crippen molar-refractivity contribution < 1.29 is 4.79 Å². The molecule has 0 bridgehead atoms. The lowest BCUT2D eigenvalue weighted by atomic mass is 10.1. The van der Waals surface area contributed by atoms with Crippen LogP contribution in [0.5, 0.6) is 0 Å². The van der Waals surface area contributed by atoms with Gasteiger partial charge in [0.05, 0.1) is 8.66 Å². The molecule has 0 aliphatic heterocycles. The van der Waals surface area contributed by atoms with E-state index in [0.29, 0.717) is 6.04 Å². The number of amides is 1. The Morgan fingerprint density at radius 1 is 1.33 bits per heavy atom. The van der Waals surface area contributed by atoms with Gasteiger partial charge in [-0.3, -0.25) is 4.79 Å². The Hall–Kier alpha value is -0.350. The molecule has 1 aromatic heterocycles. The number of nitrogens with zero attached hydrogens (tertiary/aromatic N) is 1. The Bertz CT molecular complexity index is 402. The zero-order valence-electron chi connectivity index (χ0n) is 11.0. The lowest BCUT2D eigenvalue weighted by Crippen LogP contribution is -2.36. The maximum Gasteiger partial charge on any atom is 0.263 e. The molecule has 1 aliphatic carbocycles. The summed E-state index contributed by atoms with van der Waals surface area (Å²) in [6, 6.07) is 2.42. The van der Waals surface area contributed by atoms with Gasteiger partial charge in [-0.2, -0.15) is 0 Å². The molecule has 2 nitrogen and oxygen atoms in total. The standard InChI is InChI=1S/C14H20BrNOS/c1-10-9-12(18-13(10)15)14(17)16(2)11-7-5-3-4-6-8-11/h9,11H,3-8H2,1-2H3. The normalized spacial score (nSPS) is 17.5. The van der Waals surface area contributed by atoms with Crippen LogP contribution in [0.2, 0.25) is 0 Å². The summed E-state index contributed by atoms with van der Waals surface area (Å²) in [5.41, 5.74) is 1.15. The third-order valence-corrected chi connectivity index (χ3v) is 5.89. The van der Waals surface area contributed by atoms with E-state index in [-0.39, 0.29) is 5.91 Å².